The zero-order valence-electron chi connectivity index (χ0n) is 15.2. The van der Waals surface area contributed by atoms with Crippen LogP contribution in [-0.4, -0.2) is 22.3 Å². The van der Waals surface area contributed by atoms with Gasteiger partial charge >= 0.3 is 0 Å². The van der Waals surface area contributed by atoms with Crippen LogP contribution in [0.3, 0.4) is 0 Å². The summed E-state index contributed by atoms with van der Waals surface area (Å²) < 4.78 is 21.5. The van der Waals surface area contributed by atoms with Crippen molar-refractivity contribution in [2.24, 2.45) is 0 Å². The first-order chi connectivity index (χ1) is 13.2. The van der Waals surface area contributed by atoms with Gasteiger partial charge in [-0.3, -0.25) is 4.79 Å². The Balaban J connectivity index is 1.71. The van der Waals surface area contributed by atoms with Crippen molar-refractivity contribution in [1.29, 1.82) is 0 Å². The Hall–Kier alpha value is -3.15. The Kier molecular flexibility index (Phi) is 6.20. The molecule has 0 aliphatic heterocycles. The fourth-order valence-electron chi connectivity index (χ4n) is 2.67. The van der Waals surface area contributed by atoms with Crippen LogP contribution in [0.2, 0.25) is 0 Å². The second-order valence-electron chi connectivity index (χ2n) is 6.12. The Morgan fingerprint density at radius 1 is 1.15 bits per heavy atom. The van der Waals surface area contributed by atoms with E-state index in [1.165, 1.54) is 10.7 Å². The molecule has 3 rings (SSSR count). The second-order valence-corrected chi connectivity index (χ2v) is 6.12. The highest BCUT2D eigenvalue weighted by Gasteiger charge is 2.15. The van der Waals surface area contributed by atoms with Crippen LogP contribution < -0.4 is 10.1 Å². The fraction of sp³-hybridized carbons (Fsp3) is 0.238. The van der Waals surface area contributed by atoms with E-state index in [1.807, 2.05) is 0 Å². The van der Waals surface area contributed by atoms with Crippen molar-refractivity contribution < 1.29 is 13.9 Å². The first-order valence-electron chi connectivity index (χ1n) is 9.02. The standard InChI is InChI=1S/C21H22FN3O2/c1-2-3-4-15-27-17-11-9-16(10-12-17)21(26)24-20-18(22)7-5-8-19(20)25-14-6-13-23-25/h5-14H,2-4,15H2,1H3,(H,24,26). The lowest BCUT2D eigenvalue weighted by Gasteiger charge is -2.12. The predicted octanol–water partition coefficient (Wildman–Crippen LogP) is 4.83. The van der Waals surface area contributed by atoms with Crippen LogP contribution in [0.5, 0.6) is 5.75 Å². The summed E-state index contributed by atoms with van der Waals surface area (Å²) in [7, 11) is 0. The summed E-state index contributed by atoms with van der Waals surface area (Å²) in [5.41, 5.74) is 0.973. The van der Waals surface area contributed by atoms with Gasteiger partial charge < -0.3 is 10.1 Å². The van der Waals surface area contributed by atoms with E-state index in [0.717, 1.165) is 19.3 Å². The molecule has 0 aliphatic rings. The molecule has 1 aromatic heterocycles. The maximum absolute atomic E-state index is 14.3. The van der Waals surface area contributed by atoms with Crippen molar-refractivity contribution in [2.75, 3.05) is 11.9 Å². The second kappa shape index (κ2) is 8.98. The lowest BCUT2D eigenvalue weighted by Crippen LogP contribution is -2.15. The molecule has 5 nitrogen and oxygen atoms in total. The number of carbonyl (C=O) groups excluding carboxylic acids is 1. The number of nitrogens with zero attached hydrogens (tertiary/aromatic N) is 2. The minimum atomic E-state index is -0.521. The number of hydrogen-bond donors (Lipinski definition) is 1. The average molecular weight is 367 g/mol. The molecule has 140 valence electrons. The van der Waals surface area contributed by atoms with E-state index in [2.05, 4.69) is 17.3 Å². The van der Waals surface area contributed by atoms with Crippen molar-refractivity contribution in [3.63, 3.8) is 0 Å². The largest absolute Gasteiger partial charge is 0.494 e. The fourth-order valence-corrected chi connectivity index (χ4v) is 2.67. The van der Waals surface area contributed by atoms with Crippen LogP contribution in [-0.2, 0) is 0 Å². The summed E-state index contributed by atoms with van der Waals surface area (Å²) in [5, 5.41) is 6.75. The molecule has 6 heteroatoms. The third-order valence-corrected chi connectivity index (χ3v) is 4.11. The van der Waals surface area contributed by atoms with Gasteiger partial charge in [0.2, 0.25) is 0 Å². The number of carbonyl (C=O) groups is 1. The average Bonchev–Trinajstić information content (AvgIpc) is 3.22. The van der Waals surface area contributed by atoms with Crippen molar-refractivity contribution in [1.82, 2.24) is 9.78 Å². The van der Waals surface area contributed by atoms with Gasteiger partial charge in [0.15, 0.2) is 0 Å². The number of nitrogens with one attached hydrogen (secondary N) is 1. The third-order valence-electron chi connectivity index (χ3n) is 4.11. The van der Waals surface area contributed by atoms with Crippen molar-refractivity contribution in [2.45, 2.75) is 26.2 Å². The monoisotopic (exact) mass is 367 g/mol. The van der Waals surface area contributed by atoms with Gasteiger partial charge in [0.25, 0.3) is 5.91 Å². The summed E-state index contributed by atoms with van der Waals surface area (Å²) in [6.07, 6.45) is 6.55. The molecule has 0 aliphatic carbocycles. The number of anilines is 1. The summed E-state index contributed by atoms with van der Waals surface area (Å²) in [6, 6.07) is 13.1. The number of aromatic nitrogens is 2. The summed E-state index contributed by atoms with van der Waals surface area (Å²) in [4.78, 5) is 12.6. The van der Waals surface area contributed by atoms with Crippen LogP contribution in [0.1, 0.15) is 36.5 Å². The molecule has 2 aromatic carbocycles. The molecule has 0 unspecified atom stereocenters. The van der Waals surface area contributed by atoms with E-state index in [-0.39, 0.29) is 5.69 Å². The predicted molar refractivity (Wildman–Crippen MR) is 103 cm³/mol. The molecule has 0 atom stereocenters. The molecule has 0 saturated carbocycles. The molecule has 1 N–H and O–H groups in total. The maximum atomic E-state index is 14.3. The molecule has 0 bridgehead atoms. The van der Waals surface area contributed by atoms with Gasteiger partial charge in [-0.25, -0.2) is 9.07 Å². The number of unbranched alkanes of at least 4 members (excludes halogenated alkanes) is 2. The Morgan fingerprint density at radius 3 is 2.67 bits per heavy atom. The first-order valence-corrected chi connectivity index (χ1v) is 9.02. The number of amides is 1. The van der Waals surface area contributed by atoms with Crippen LogP contribution in [0, 0.1) is 5.82 Å². The van der Waals surface area contributed by atoms with Crippen LogP contribution >= 0.6 is 0 Å². The molecule has 27 heavy (non-hydrogen) atoms. The highest BCUT2D eigenvalue weighted by molar-refractivity contribution is 6.05. The Labute approximate surface area is 157 Å². The number of benzene rings is 2. The number of hydrogen-bond acceptors (Lipinski definition) is 3. The minimum Gasteiger partial charge on any atom is -0.494 e. The highest BCUT2D eigenvalue weighted by atomic mass is 19.1. The van der Waals surface area contributed by atoms with E-state index in [4.69, 9.17) is 4.74 Å². The SMILES string of the molecule is CCCCCOc1ccc(C(=O)Nc2c(F)cccc2-n2cccn2)cc1. The Bertz CT molecular complexity index is 877. The quantitative estimate of drug-likeness (QED) is 0.580. The molecular formula is C21H22FN3O2. The van der Waals surface area contributed by atoms with E-state index in [0.29, 0.717) is 23.6 Å². The van der Waals surface area contributed by atoms with Crippen molar-refractivity contribution in [3.8, 4) is 11.4 Å². The normalized spacial score (nSPS) is 10.6. The number of para-hydroxylation sites is 1. The van der Waals surface area contributed by atoms with E-state index in [1.54, 1.807) is 54.9 Å². The summed E-state index contributed by atoms with van der Waals surface area (Å²) in [5.74, 6) is -0.205. The van der Waals surface area contributed by atoms with E-state index < -0.39 is 11.7 Å². The van der Waals surface area contributed by atoms with Crippen LogP contribution in [0.4, 0.5) is 10.1 Å². The zero-order valence-corrected chi connectivity index (χ0v) is 15.2. The topological polar surface area (TPSA) is 56.1 Å². The maximum Gasteiger partial charge on any atom is 0.255 e. The van der Waals surface area contributed by atoms with Crippen molar-refractivity contribution in [3.05, 3.63) is 72.3 Å². The first kappa shape index (κ1) is 18.6. The van der Waals surface area contributed by atoms with Gasteiger partial charge in [-0.1, -0.05) is 25.8 Å². The molecule has 0 saturated heterocycles. The molecule has 0 spiro atoms. The minimum absolute atomic E-state index is 0.0890. The summed E-state index contributed by atoms with van der Waals surface area (Å²) >= 11 is 0. The van der Waals surface area contributed by atoms with Gasteiger partial charge in [-0.2, -0.15) is 5.10 Å². The summed E-state index contributed by atoms with van der Waals surface area (Å²) in [6.45, 7) is 2.79. The molecular weight excluding hydrogens is 345 g/mol. The van der Waals surface area contributed by atoms with E-state index >= 15 is 0 Å². The van der Waals surface area contributed by atoms with Gasteiger partial charge in [-0.05, 0) is 48.9 Å². The lowest BCUT2D eigenvalue weighted by atomic mass is 10.2. The number of halogens is 1. The zero-order chi connectivity index (χ0) is 19.1. The van der Waals surface area contributed by atoms with Crippen LogP contribution in [0.15, 0.2) is 60.9 Å². The van der Waals surface area contributed by atoms with Gasteiger partial charge in [0.1, 0.15) is 17.3 Å². The Morgan fingerprint density at radius 2 is 1.96 bits per heavy atom. The molecule has 1 amide bonds. The van der Waals surface area contributed by atoms with Crippen LogP contribution in [0.25, 0.3) is 5.69 Å². The molecule has 0 radical (unpaired) electrons. The smallest absolute Gasteiger partial charge is 0.255 e. The number of ether oxygens (including phenoxy) is 1. The third kappa shape index (κ3) is 4.73. The van der Waals surface area contributed by atoms with Gasteiger partial charge in [0.05, 0.1) is 12.3 Å². The highest BCUT2D eigenvalue weighted by Crippen LogP contribution is 2.24. The van der Waals surface area contributed by atoms with Gasteiger partial charge in [-0.15, -0.1) is 0 Å². The molecule has 3 aromatic rings. The lowest BCUT2D eigenvalue weighted by molar-refractivity contribution is 0.102. The molecule has 1 heterocycles. The molecule has 0 fully saturated rings. The van der Waals surface area contributed by atoms with E-state index in [9.17, 15) is 9.18 Å². The van der Waals surface area contributed by atoms with Gasteiger partial charge in [0, 0.05) is 18.0 Å². The number of rotatable bonds is 8. The van der Waals surface area contributed by atoms with Crippen molar-refractivity contribution >= 4 is 11.6 Å².